The third-order valence-electron chi connectivity index (χ3n) is 3.24. The highest BCUT2D eigenvalue weighted by Crippen LogP contribution is 2.32. The van der Waals surface area contributed by atoms with Crippen LogP contribution in [0.25, 0.3) is 0 Å². The predicted octanol–water partition coefficient (Wildman–Crippen LogP) is 2.88. The Kier molecular flexibility index (Phi) is 9.72. The van der Waals surface area contributed by atoms with Crippen molar-refractivity contribution in [2.45, 2.75) is 25.1 Å². The van der Waals surface area contributed by atoms with E-state index in [0.29, 0.717) is 6.20 Å². The Morgan fingerprint density at radius 3 is 2.67 bits per heavy atom. The van der Waals surface area contributed by atoms with Gasteiger partial charge in [-0.3, -0.25) is 4.79 Å². The fourth-order valence-electron chi connectivity index (χ4n) is 2.10. The molecule has 1 aliphatic heterocycles. The zero-order valence-electron chi connectivity index (χ0n) is 12.5. The van der Waals surface area contributed by atoms with Crippen LogP contribution in [0.5, 0.6) is 0 Å². The molecule has 1 unspecified atom stereocenters. The number of anilines is 1. The average Bonchev–Trinajstić information content (AvgIpc) is 2.92. The Balaban J connectivity index is 0.00000264. The molecule has 0 bridgehead atoms. The number of carbonyl (C=O) groups excluding carboxylic acids is 1. The lowest BCUT2D eigenvalue weighted by Gasteiger charge is -2.13. The van der Waals surface area contributed by atoms with Gasteiger partial charge in [-0.2, -0.15) is 13.2 Å². The Labute approximate surface area is 154 Å². The van der Waals surface area contributed by atoms with E-state index in [4.69, 9.17) is 11.6 Å². The van der Waals surface area contributed by atoms with Crippen LogP contribution in [0.3, 0.4) is 0 Å². The summed E-state index contributed by atoms with van der Waals surface area (Å²) in [6.07, 6.45) is -2.69. The summed E-state index contributed by atoms with van der Waals surface area (Å²) in [5.74, 6) is 0.00855. The molecule has 2 rings (SSSR count). The van der Waals surface area contributed by atoms with Gasteiger partial charge in [-0.05, 0) is 19.0 Å². The standard InChI is InChI=1S/C13H16ClF3N4O.2ClH/c14-10-5-8(13(15,16)17)6-20-12(10)19-4-2-11(22)21-9-1-3-18-7-9;;/h5-6,9,18H,1-4,7H2,(H,19,20)(H,21,22);2*1H. The van der Waals surface area contributed by atoms with Gasteiger partial charge in [0.1, 0.15) is 5.82 Å². The van der Waals surface area contributed by atoms with Crippen LogP contribution in [0.4, 0.5) is 19.0 Å². The zero-order valence-corrected chi connectivity index (χ0v) is 14.8. The lowest BCUT2D eigenvalue weighted by molar-refractivity contribution is -0.137. The zero-order chi connectivity index (χ0) is 16.2. The number of rotatable bonds is 5. The molecule has 138 valence electrons. The van der Waals surface area contributed by atoms with Crippen LogP contribution < -0.4 is 16.0 Å². The molecular weight excluding hydrogens is 392 g/mol. The molecular formula is C13H18Cl3F3N4O. The van der Waals surface area contributed by atoms with Crippen LogP contribution >= 0.6 is 36.4 Å². The third kappa shape index (κ3) is 6.88. The van der Waals surface area contributed by atoms with Crippen molar-refractivity contribution in [3.05, 3.63) is 22.8 Å². The van der Waals surface area contributed by atoms with E-state index in [-0.39, 0.29) is 60.6 Å². The molecule has 0 radical (unpaired) electrons. The molecule has 2 heterocycles. The number of alkyl halides is 3. The fraction of sp³-hybridized carbons (Fsp3) is 0.538. The number of nitrogens with one attached hydrogen (secondary N) is 3. The van der Waals surface area contributed by atoms with Gasteiger partial charge in [0, 0.05) is 31.7 Å². The quantitative estimate of drug-likeness (QED) is 0.700. The van der Waals surface area contributed by atoms with E-state index < -0.39 is 11.7 Å². The Bertz CT molecular complexity index is 540. The van der Waals surface area contributed by atoms with Crippen LogP contribution in [0.15, 0.2) is 12.3 Å². The van der Waals surface area contributed by atoms with E-state index in [1.165, 1.54) is 0 Å². The van der Waals surface area contributed by atoms with Gasteiger partial charge in [0.15, 0.2) is 0 Å². The van der Waals surface area contributed by atoms with Crippen molar-refractivity contribution in [3.8, 4) is 0 Å². The van der Waals surface area contributed by atoms with Crippen molar-refractivity contribution in [2.75, 3.05) is 25.0 Å². The summed E-state index contributed by atoms with van der Waals surface area (Å²) in [5, 5.41) is 8.63. The van der Waals surface area contributed by atoms with Gasteiger partial charge in [-0.1, -0.05) is 11.6 Å². The molecule has 1 amide bonds. The van der Waals surface area contributed by atoms with Gasteiger partial charge in [0.05, 0.1) is 10.6 Å². The summed E-state index contributed by atoms with van der Waals surface area (Å²) in [5.41, 5.74) is -0.908. The number of amides is 1. The smallest absolute Gasteiger partial charge is 0.368 e. The van der Waals surface area contributed by atoms with Gasteiger partial charge in [0.2, 0.25) is 5.91 Å². The molecule has 1 saturated heterocycles. The second-order valence-corrected chi connectivity index (χ2v) is 5.39. The van der Waals surface area contributed by atoms with Crippen LogP contribution in [0.2, 0.25) is 5.02 Å². The Morgan fingerprint density at radius 2 is 2.12 bits per heavy atom. The Hall–Kier alpha value is -0.960. The van der Waals surface area contributed by atoms with Crippen molar-refractivity contribution in [1.29, 1.82) is 0 Å². The molecule has 0 saturated carbocycles. The minimum absolute atomic E-state index is 0. The first kappa shape index (κ1) is 23.0. The normalized spacial score (nSPS) is 16.8. The van der Waals surface area contributed by atoms with Crippen LogP contribution in [0, 0.1) is 0 Å². The van der Waals surface area contributed by atoms with Crippen LogP contribution in [0.1, 0.15) is 18.4 Å². The van der Waals surface area contributed by atoms with E-state index in [1.807, 2.05) is 0 Å². The first-order valence-electron chi connectivity index (χ1n) is 6.83. The van der Waals surface area contributed by atoms with Gasteiger partial charge in [-0.25, -0.2) is 4.98 Å². The minimum atomic E-state index is -4.48. The van der Waals surface area contributed by atoms with E-state index >= 15 is 0 Å². The summed E-state index contributed by atoms with van der Waals surface area (Å²) < 4.78 is 37.4. The van der Waals surface area contributed by atoms with Gasteiger partial charge in [-0.15, -0.1) is 24.8 Å². The predicted molar refractivity (Wildman–Crippen MR) is 91.3 cm³/mol. The molecule has 0 aromatic carbocycles. The average molecular weight is 410 g/mol. The van der Waals surface area contributed by atoms with E-state index in [0.717, 1.165) is 25.6 Å². The van der Waals surface area contributed by atoms with E-state index in [1.54, 1.807) is 0 Å². The molecule has 24 heavy (non-hydrogen) atoms. The third-order valence-corrected chi connectivity index (χ3v) is 3.53. The van der Waals surface area contributed by atoms with Crippen LogP contribution in [-0.2, 0) is 11.0 Å². The highest BCUT2D eigenvalue weighted by atomic mass is 35.5. The van der Waals surface area contributed by atoms with Gasteiger partial charge < -0.3 is 16.0 Å². The summed E-state index contributed by atoms with van der Waals surface area (Å²) in [6, 6.07) is 0.946. The maximum Gasteiger partial charge on any atom is 0.417 e. The van der Waals surface area contributed by atoms with Crippen molar-refractivity contribution >= 4 is 48.1 Å². The van der Waals surface area contributed by atoms with Gasteiger partial charge in [0.25, 0.3) is 0 Å². The lowest BCUT2D eigenvalue weighted by atomic mass is 10.2. The second kappa shape index (κ2) is 10.1. The molecule has 5 nitrogen and oxygen atoms in total. The summed E-state index contributed by atoms with van der Waals surface area (Å²) in [4.78, 5) is 15.3. The molecule has 1 atom stereocenters. The molecule has 11 heteroatoms. The molecule has 1 fully saturated rings. The van der Waals surface area contributed by atoms with Crippen molar-refractivity contribution < 1.29 is 18.0 Å². The maximum absolute atomic E-state index is 12.5. The minimum Gasteiger partial charge on any atom is -0.368 e. The van der Waals surface area contributed by atoms with E-state index in [9.17, 15) is 18.0 Å². The topological polar surface area (TPSA) is 66.0 Å². The summed E-state index contributed by atoms with van der Waals surface area (Å²) in [6.45, 7) is 1.88. The van der Waals surface area contributed by atoms with Gasteiger partial charge >= 0.3 is 6.18 Å². The van der Waals surface area contributed by atoms with Crippen molar-refractivity contribution in [3.63, 3.8) is 0 Å². The van der Waals surface area contributed by atoms with Crippen molar-refractivity contribution in [1.82, 2.24) is 15.6 Å². The molecule has 3 N–H and O–H groups in total. The molecule has 0 spiro atoms. The Morgan fingerprint density at radius 1 is 1.42 bits per heavy atom. The number of aromatic nitrogens is 1. The second-order valence-electron chi connectivity index (χ2n) is 4.99. The monoisotopic (exact) mass is 408 g/mol. The largest absolute Gasteiger partial charge is 0.417 e. The molecule has 1 aromatic heterocycles. The summed E-state index contributed by atoms with van der Waals surface area (Å²) in [7, 11) is 0. The molecule has 1 aliphatic rings. The van der Waals surface area contributed by atoms with Crippen LogP contribution in [-0.4, -0.2) is 36.6 Å². The number of pyridine rings is 1. The first-order valence-corrected chi connectivity index (χ1v) is 7.21. The van der Waals surface area contributed by atoms with Crippen molar-refractivity contribution in [2.24, 2.45) is 0 Å². The molecule has 0 aliphatic carbocycles. The highest BCUT2D eigenvalue weighted by molar-refractivity contribution is 6.32. The highest BCUT2D eigenvalue weighted by Gasteiger charge is 2.31. The molecule has 1 aromatic rings. The van der Waals surface area contributed by atoms with E-state index in [2.05, 4.69) is 20.9 Å². The number of hydrogen-bond acceptors (Lipinski definition) is 4. The number of carbonyl (C=O) groups is 1. The maximum atomic E-state index is 12.5. The number of halogens is 6. The first-order chi connectivity index (χ1) is 10.4. The number of nitrogens with zero attached hydrogens (tertiary/aromatic N) is 1. The SMILES string of the molecule is Cl.Cl.O=C(CCNc1ncc(C(F)(F)F)cc1Cl)NC1CCNC1. The lowest BCUT2D eigenvalue weighted by Crippen LogP contribution is -2.36. The number of hydrogen-bond donors (Lipinski definition) is 3. The summed E-state index contributed by atoms with van der Waals surface area (Å²) >= 11 is 5.75. The fourth-order valence-corrected chi connectivity index (χ4v) is 2.33.